The molecule has 2 heterocycles. The third-order valence-electron chi connectivity index (χ3n) is 5.33. The predicted molar refractivity (Wildman–Crippen MR) is 105 cm³/mol. The van der Waals surface area contributed by atoms with Crippen LogP contribution in [0.15, 0.2) is 0 Å². The number of nitrogens with zero attached hydrogens (tertiary/aromatic N) is 1. The lowest BCUT2D eigenvalue weighted by molar-refractivity contribution is -0.0197. The second-order valence-corrected chi connectivity index (χ2v) is 9.87. The highest BCUT2D eigenvalue weighted by molar-refractivity contribution is 5.69. The smallest absolute Gasteiger partial charge is 0.410 e. The highest BCUT2D eigenvalue weighted by atomic mass is 16.6. The molecule has 7 nitrogen and oxygen atoms in total. The van der Waals surface area contributed by atoms with E-state index in [4.69, 9.17) is 9.47 Å². The molecule has 27 heavy (non-hydrogen) atoms. The maximum Gasteiger partial charge on any atom is 0.410 e. The van der Waals surface area contributed by atoms with E-state index in [0.29, 0.717) is 19.6 Å². The molecule has 0 aromatic carbocycles. The maximum atomic E-state index is 12.5. The first kappa shape index (κ1) is 21.8. The second kappa shape index (κ2) is 8.25. The average molecular weight is 384 g/mol. The molecule has 0 aromatic heterocycles. The van der Waals surface area contributed by atoms with Crippen molar-refractivity contribution in [2.75, 3.05) is 32.7 Å². The van der Waals surface area contributed by atoms with Crippen LogP contribution in [0, 0.1) is 11.3 Å². The van der Waals surface area contributed by atoms with E-state index in [9.17, 15) is 9.59 Å². The first-order chi connectivity index (χ1) is 12.4. The van der Waals surface area contributed by atoms with Crippen molar-refractivity contribution in [2.45, 2.75) is 72.0 Å². The third-order valence-corrected chi connectivity index (χ3v) is 5.33. The van der Waals surface area contributed by atoms with Gasteiger partial charge in [0.2, 0.25) is 0 Å². The van der Waals surface area contributed by atoms with Crippen molar-refractivity contribution >= 4 is 12.2 Å². The molecule has 0 aromatic rings. The van der Waals surface area contributed by atoms with Crippen LogP contribution in [-0.4, -0.2) is 61.0 Å². The van der Waals surface area contributed by atoms with Crippen LogP contribution in [0.4, 0.5) is 9.59 Å². The lowest BCUT2D eigenvalue weighted by Gasteiger charge is -2.50. The molecule has 1 atom stereocenters. The van der Waals surface area contributed by atoms with Crippen LogP contribution in [0.5, 0.6) is 0 Å². The van der Waals surface area contributed by atoms with Crippen molar-refractivity contribution in [1.82, 2.24) is 15.5 Å². The summed E-state index contributed by atoms with van der Waals surface area (Å²) in [4.78, 5) is 26.5. The normalized spacial score (nSPS) is 23.0. The monoisotopic (exact) mass is 383 g/mol. The Bertz CT molecular complexity index is 530. The summed E-state index contributed by atoms with van der Waals surface area (Å²) in [5.74, 6) is 0.188. The SMILES string of the molecule is CC(C)(C)OC(=O)NCC1CN(C(=O)OC(C)(C)C)CCC12CCNCC2. The third kappa shape index (κ3) is 6.55. The number of carbonyl (C=O) groups is 2. The van der Waals surface area contributed by atoms with Gasteiger partial charge >= 0.3 is 12.2 Å². The molecule has 2 amide bonds. The summed E-state index contributed by atoms with van der Waals surface area (Å²) in [6.07, 6.45) is 2.40. The van der Waals surface area contributed by atoms with Crippen LogP contribution >= 0.6 is 0 Å². The summed E-state index contributed by atoms with van der Waals surface area (Å²) in [5.41, 5.74) is -0.879. The number of amides is 2. The van der Waals surface area contributed by atoms with Gasteiger partial charge in [-0.05, 0) is 85.2 Å². The Balaban J connectivity index is 2.04. The first-order valence-corrected chi connectivity index (χ1v) is 10.1. The molecule has 2 fully saturated rings. The minimum atomic E-state index is -0.522. The van der Waals surface area contributed by atoms with Crippen LogP contribution in [0.1, 0.15) is 60.8 Å². The van der Waals surface area contributed by atoms with Gasteiger partial charge in [-0.3, -0.25) is 0 Å². The van der Waals surface area contributed by atoms with E-state index in [-0.39, 0.29) is 17.4 Å². The van der Waals surface area contributed by atoms with Gasteiger partial charge in [-0.25, -0.2) is 9.59 Å². The standard InChI is InChI=1S/C20H37N3O4/c1-18(2,3)26-16(24)22-13-15-14-23(17(25)27-19(4,5)6)12-9-20(15)7-10-21-11-8-20/h15,21H,7-14H2,1-6H3,(H,22,24). The number of carbonyl (C=O) groups excluding carboxylic acids is 2. The number of likely N-dealkylation sites (tertiary alicyclic amines) is 1. The molecule has 2 N–H and O–H groups in total. The molecule has 0 radical (unpaired) electrons. The van der Waals surface area contributed by atoms with E-state index in [1.807, 2.05) is 41.5 Å². The lowest BCUT2D eigenvalue weighted by Crippen LogP contribution is -2.56. The van der Waals surface area contributed by atoms with E-state index in [1.165, 1.54) is 0 Å². The number of ether oxygens (including phenoxy) is 2. The summed E-state index contributed by atoms with van der Waals surface area (Å²) < 4.78 is 10.9. The van der Waals surface area contributed by atoms with Crippen LogP contribution in [0.3, 0.4) is 0 Å². The Hall–Kier alpha value is -1.50. The van der Waals surface area contributed by atoms with Crippen LogP contribution in [0.2, 0.25) is 0 Å². The van der Waals surface area contributed by atoms with Crippen molar-refractivity contribution in [3.63, 3.8) is 0 Å². The fraction of sp³-hybridized carbons (Fsp3) is 0.900. The van der Waals surface area contributed by atoms with Gasteiger partial charge in [0.15, 0.2) is 0 Å². The second-order valence-electron chi connectivity index (χ2n) is 9.87. The molecule has 0 bridgehead atoms. The molecular formula is C20H37N3O4. The summed E-state index contributed by atoms with van der Waals surface area (Å²) in [5, 5.41) is 6.35. The zero-order valence-electron chi connectivity index (χ0n) is 17.8. The summed E-state index contributed by atoms with van der Waals surface area (Å²) in [7, 11) is 0. The van der Waals surface area contributed by atoms with Crippen molar-refractivity contribution < 1.29 is 19.1 Å². The van der Waals surface area contributed by atoms with Gasteiger partial charge in [0, 0.05) is 19.6 Å². The molecule has 0 aliphatic carbocycles. The predicted octanol–water partition coefficient (Wildman–Crippen LogP) is 3.14. The summed E-state index contributed by atoms with van der Waals surface area (Å²) in [6, 6.07) is 0. The topological polar surface area (TPSA) is 79.9 Å². The Labute approximate surface area is 163 Å². The molecule has 2 rings (SSSR count). The van der Waals surface area contributed by atoms with E-state index in [0.717, 1.165) is 32.4 Å². The molecule has 7 heteroatoms. The van der Waals surface area contributed by atoms with E-state index in [2.05, 4.69) is 10.6 Å². The summed E-state index contributed by atoms with van der Waals surface area (Å²) >= 11 is 0. The molecule has 2 aliphatic rings. The number of hydrogen-bond acceptors (Lipinski definition) is 5. The number of hydrogen-bond donors (Lipinski definition) is 2. The van der Waals surface area contributed by atoms with Gasteiger partial charge in [0.1, 0.15) is 11.2 Å². The quantitative estimate of drug-likeness (QED) is 0.766. The van der Waals surface area contributed by atoms with Crippen LogP contribution in [0.25, 0.3) is 0 Å². The largest absolute Gasteiger partial charge is 0.444 e. The fourth-order valence-electron chi connectivity index (χ4n) is 3.99. The molecule has 0 saturated carbocycles. The number of nitrogens with one attached hydrogen (secondary N) is 2. The zero-order chi connectivity index (χ0) is 20.3. The highest BCUT2D eigenvalue weighted by Crippen LogP contribution is 2.43. The molecule has 1 spiro atoms. The van der Waals surface area contributed by atoms with Gasteiger partial charge in [-0.15, -0.1) is 0 Å². The van der Waals surface area contributed by atoms with Gasteiger partial charge in [0.25, 0.3) is 0 Å². The Morgan fingerprint density at radius 3 is 2.19 bits per heavy atom. The van der Waals surface area contributed by atoms with E-state index >= 15 is 0 Å². The van der Waals surface area contributed by atoms with Crippen LogP contribution in [-0.2, 0) is 9.47 Å². The van der Waals surface area contributed by atoms with Crippen molar-refractivity contribution in [3.05, 3.63) is 0 Å². The molecule has 156 valence electrons. The molecule has 2 saturated heterocycles. The number of piperidine rings is 2. The minimum absolute atomic E-state index is 0.152. The van der Waals surface area contributed by atoms with Gasteiger partial charge in [0.05, 0.1) is 0 Å². The lowest BCUT2D eigenvalue weighted by atomic mass is 9.64. The Morgan fingerprint density at radius 2 is 1.63 bits per heavy atom. The van der Waals surface area contributed by atoms with Gasteiger partial charge < -0.3 is 25.0 Å². The number of alkyl carbamates (subject to hydrolysis) is 1. The average Bonchev–Trinajstić information content (AvgIpc) is 2.51. The van der Waals surface area contributed by atoms with Gasteiger partial charge in [-0.1, -0.05) is 0 Å². The Kier molecular flexibility index (Phi) is 6.66. The minimum Gasteiger partial charge on any atom is -0.444 e. The van der Waals surface area contributed by atoms with Crippen molar-refractivity contribution in [2.24, 2.45) is 11.3 Å². The van der Waals surface area contributed by atoms with Crippen molar-refractivity contribution in [3.8, 4) is 0 Å². The van der Waals surface area contributed by atoms with Crippen molar-refractivity contribution in [1.29, 1.82) is 0 Å². The fourth-order valence-corrected chi connectivity index (χ4v) is 3.99. The zero-order valence-corrected chi connectivity index (χ0v) is 17.8. The number of rotatable bonds is 2. The first-order valence-electron chi connectivity index (χ1n) is 10.1. The van der Waals surface area contributed by atoms with E-state index in [1.54, 1.807) is 4.90 Å². The molecular weight excluding hydrogens is 346 g/mol. The molecule has 1 unspecified atom stereocenters. The van der Waals surface area contributed by atoms with Gasteiger partial charge in [-0.2, -0.15) is 0 Å². The highest BCUT2D eigenvalue weighted by Gasteiger charge is 2.45. The molecule has 2 aliphatic heterocycles. The van der Waals surface area contributed by atoms with Crippen LogP contribution < -0.4 is 10.6 Å². The summed E-state index contributed by atoms with van der Waals surface area (Å²) in [6.45, 7) is 15.0. The Morgan fingerprint density at radius 1 is 1.04 bits per heavy atom. The van der Waals surface area contributed by atoms with E-state index < -0.39 is 17.3 Å². The maximum absolute atomic E-state index is 12.5.